The molecule has 0 aromatic carbocycles. The predicted octanol–water partition coefficient (Wildman–Crippen LogP) is 7.57. The Morgan fingerprint density at radius 3 is 0.735 bits per heavy atom. The van der Waals surface area contributed by atoms with E-state index in [1.165, 1.54) is 83.5 Å². The summed E-state index contributed by atoms with van der Waals surface area (Å²) in [5.41, 5.74) is 0. The zero-order valence-corrected chi connectivity index (χ0v) is 21.3. The first kappa shape index (κ1) is 37.6. The Balaban J connectivity index is -0.000000598. The van der Waals surface area contributed by atoms with Crippen molar-refractivity contribution in [2.24, 2.45) is 0 Å². The molecule has 0 heterocycles. The van der Waals surface area contributed by atoms with Gasteiger partial charge in [-0.05, 0) is 19.3 Å². The summed E-state index contributed by atoms with van der Waals surface area (Å²) in [5.74, 6) is -2.17. The second-order valence-electron chi connectivity index (χ2n) is 9.15. The van der Waals surface area contributed by atoms with Gasteiger partial charge in [-0.2, -0.15) is 0 Å². The zero-order chi connectivity index (χ0) is 25.0. The van der Waals surface area contributed by atoms with Crippen molar-refractivity contribution in [2.75, 3.05) is 0 Å². The Labute approximate surface area is 220 Å². The molecule has 0 bridgehead atoms. The third-order valence-corrected chi connectivity index (χ3v) is 5.78. The van der Waals surface area contributed by atoms with Crippen LogP contribution in [0.25, 0.3) is 0 Å². The Morgan fingerprint density at radius 2 is 0.559 bits per heavy atom. The van der Waals surface area contributed by atoms with Gasteiger partial charge in [0, 0.05) is 19.3 Å². The third kappa shape index (κ3) is 41.3. The quantitative estimate of drug-likeness (QED) is 0.0970. The van der Waals surface area contributed by atoms with Crippen LogP contribution in [0.2, 0.25) is 0 Å². The maximum absolute atomic E-state index is 10.3. The second kappa shape index (κ2) is 32.0. The maximum atomic E-state index is 10.3. The fourth-order valence-corrected chi connectivity index (χ4v) is 3.73. The van der Waals surface area contributed by atoms with Crippen molar-refractivity contribution in [2.45, 2.75) is 155 Å². The van der Waals surface area contributed by atoms with Crippen LogP contribution in [0.4, 0.5) is 0 Å². The number of rotatable bonds is 24. The van der Waals surface area contributed by atoms with Crippen molar-refractivity contribution >= 4 is 36.8 Å². The molecule has 0 saturated carbocycles. The van der Waals surface area contributed by atoms with Crippen LogP contribution < -0.4 is 0 Å². The molecular weight excluding hydrogens is 427 g/mol. The van der Waals surface area contributed by atoms with Crippen LogP contribution in [-0.4, -0.2) is 52.1 Å². The molecule has 0 aromatic rings. The first-order valence-corrected chi connectivity index (χ1v) is 13.6. The fourth-order valence-electron chi connectivity index (χ4n) is 3.73. The van der Waals surface area contributed by atoms with Crippen LogP contribution in [0.5, 0.6) is 0 Å². The Bertz CT molecular complexity index is 438. The van der Waals surface area contributed by atoms with Crippen molar-refractivity contribution in [1.29, 1.82) is 0 Å². The average molecular weight is 481 g/mol. The molecule has 3 N–H and O–H groups in total. The molecule has 34 heavy (non-hydrogen) atoms. The molecule has 7 heteroatoms. The van der Waals surface area contributed by atoms with Gasteiger partial charge in [0.1, 0.15) is 0 Å². The van der Waals surface area contributed by atoms with Crippen molar-refractivity contribution in [3.63, 3.8) is 0 Å². The molecule has 6 nitrogen and oxygen atoms in total. The molecule has 0 atom stereocenters. The number of unbranched alkanes of at least 4 members (excludes halogenated alkanes) is 18. The molecule has 0 fully saturated rings. The van der Waals surface area contributed by atoms with Gasteiger partial charge in [-0.15, -0.1) is 0 Å². The summed E-state index contributed by atoms with van der Waals surface area (Å²) in [7, 11) is 0. The summed E-state index contributed by atoms with van der Waals surface area (Å²) in [6, 6.07) is 0. The molecule has 0 aliphatic rings. The summed E-state index contributed by atoms with van der Waals surface area (Å²) < 4.78 is 0. The Hall–Kier alpha value is -0.993. The molecule has 0 radical (unpaired) electrons. The number of carboxylic acids is 3. The molecule has 0 saturated heterocycles. The molecule has 0 aromatic heterocycles. The number of carbonyl (C=O) groups is 3. The average Bonchev–Trinajstić information content (AvgIpc) is 2.75. The van der Waals surface area contributed by atoms with Crippen LogP contribution in [0.15, 0.2) is 0 Å². The number of hydrogen-bond donors (Lipinski definition) is 3. The summed E-state index contributed by atoms with van der Waals surface area (Å²) in [4.78, 5) is 30.5. The van der Waals surface area contributed by atoms with Gasteiger partial charge in [-0.3, -0.25) is 14.4 Å². The number of aliphatic carboxylic acids is 3. The van der Waals surface area contributed by atoms with Crippen molar-refractivity contribution in [3.05, 3.63) is 0 Å². The van der Waals surface area contributed by atoms with E-state index in [1.54, 1.807) is 0 Å². The molecule has 0 rings (SSSR count). The van der Waals surface area contributed by atoms with Gasteiger partial charge in [0.2, 0.25) is 0 Å². The van der Waals surface area contributed by atoms with Crippen LogP contribution in [0.3, 0.4) is 0 Å². The van der Waals surface area contributed by atoms with Crippen molar-refractivity contribution in [1.82, 2.24) is 0 Å². The minimum atomic E-state index is -0.759. The molecule has 0 spiro atoms. The Kier molecular flexibility index (Phi) is 35.4. The third-order valence-electron chi connectivity index (χ3n) is 5.78. The van der Waals surface area contributed by atoms with Crippen LogP contribution >= 0.6 is 0 Å². The van der Waals surface area contributed by atoms with Gasteiger partial charge in [-0.25, -0.2) is 0 Å². The van der Waals surface area contributed by atoms with Crippen molar-refractivity contribution < 1.29 is 29.7 Å². The summed E-state index contributed by atoms with van der Waals surface area (Å²) in [6.07, 6.45) is 24.7. The van der Waals surface area contributed by atoms with E-state index >= 15 is 0 Å². The van der Waals surface area contributed by atoms with Gasteiger partial charge in [-0.1, -0.05) is 116 Å². The summed E-state index contributed by atoms with van der Waals surface area (Å²) >= 11 is 0. The van der Waals surface area contributed by atoms with E-state index in [9.17, 15) is 14.4 Å². The zero-order valence-electron chi connectivity index (χ0n) is 21.3. The van der Waals surface area contributed by atoms with Crippen molar-refractivity contribution in [3.8, 4) is 0 Å². The van der Waals surface area contributed by atoms with Gasteiger partial charge in [0.15, 0.2) is 0 Å². The van der Waals surface area contributed by atoms with Gasteiger partial charge in [0.05, 0.1) is 0 Å². The fraction of sp³-hybridized carbons (Fsp3) is 0.889. The molecular formula is C27H53LiO6. The summed E-state index contributed by atoms with van der Waals surface area (Å²) in [6.45, 7) is 2.27. The van der Waals surface area contributed by atoms with E-state index in [0.29, 0.717) is 19.3 Å². The van der Waals surface area contributed by atoms with E-state index in [-0.39, 0.29) is 31.7 Å². The van der Waals surface area contributed by atoms with Crippen LogP contribution in [0.1, 0.15) is 155 Å². The normalized spacial score (nSPS) is 10.1. The van der Waals surface area contributed by atoms with E-state index in [4.69, 9.17) is 15.3 Å². The first-order valence-electron chi connectivity index (χ1n) is 13.6. The molecule has 0 amide bonds. The monoisotopic (exact) mass is 480 g/mol. The standard InChI is InChI=1S/C18H36O2.C9H16O4.Li.H/c1-2-3-4-5-6-7-8-9-10-11-12-13-14-15-16-17-18(19)20;10-8(11)6-4-2-1-3-5-7-9(12)13;;/h2-17H2,1H3,(H,19,20);1-7H2,(H,10,11)(H,12,13);;. The van der Waals surface area contributed by atoms with E-state index in [1.807, 2.05) is 0 Å². The van der Waals surface area contributed by atoms with Gasteiger partial charge >= 0.3 is 36.8 Å². The molecule has 0 aliphatic carbocycles. The number of hydrogen-bond acceptors (Lipinski definition) is 3. The molecule has 0 unspecified atom stereocenters. The van der Waals surface area contributed by atoms with E-state index in [2.05, 4.69) is 6.92 Å². The first-order chi connectivity index (χ1) is 15.9. The predicted molar refractivity (Wildman–Crippen MR) is 142 cm³/mol. The van der Waals surface area contributed by atoms with Gasteiger partial charge in [0.25, 0.3) is 0 Å². The molecule has 198 valence electrons. The van der Waals surface area contributed by atoms with Crippen LogP contribution in [0, 0.1) is 0 Å². The van der Waals surface area contributed by atoms with Gasteiger partial charge < -0.3 is 15.3 Å². The topological polar surface area (TPSA) is 112 Å². The van der Waals surface area contributed by atoms with Crippen LogP contribution in [-0.2, 0) is 14.4 Å². The number of carboxylic acid groups (broad SMARTS) is 3. The van der Waals surface area contributed by atoms with E-state index in [0.717, 1.165) is 32.1 Å². The SMILES string of the molecule is CCCCCCCCCCCCCCCCCC(=O)O.O=C(O)CCCCCCCC(=O)O.[LiH]. The summed E-state index contributed by atoms with van der Waals surface area (Å²) in [5, 5.41) is 25.1. The minimum absolute atomic E-state index is 0. The second-order valence-corrected chi connectivity index (χ2v) is 9.15. The molecule has 0 aliphatic heterocycles. The van der Waals surface area contributed by atoms with E-state index < -0.39 is 17.9 Å². The Morgan fingerprint density at radius 1 is 0.382 bits per heavy atom.